The zero-order chi connectivity index (χ0) is 26.6. The van der Waals surface area contributed by atoms with Gasteiger partial charge in [0.05, 0.1) is 6.04 Å². The van der Waals surface area contributed by atoms with Crippen LogP contribution in [0.2, 0.25) is 0 Å². The van der Waals surface area contributed by atoms with Crippen molar-refractivity contribution in [2.75, 3.05) is 13.1 Å². The minimum Gasteiger partial charge on any atom is -0.489 e. The lowest BCUT2D eigenvalue weighted by Gasteiger charge is -2.27. The van der Waals surface area contributed by atoms with Crippen molar-refractivity contribution in [3.63, 3.8) is 0 Å². The summed E-state index contributed by atoms with van der Waals surface area (Å²) in [7, 11) is 0. The molecular formula is C30H41N3O4. The predicted molar refractivity (Wildman–Crippen MR) is 145 cm³/mol. The molecule has 1 heterocycles. The molecule has 1 aliphatic heterocycles. The number of carbonyl (C=O) groups excluding carboxylic acids is 3. The Balaban J connectivity index is 1.59. The van der Waals surface area contributed by atoms with E-state index in [0.717, 1.165) is 42.6 Å². The zero-order valence-corrected chi connectivity index (χ0v) is 22.4. The summed E-state index contributed by atoms with van der Waals surface area (Å²) >= 11 is 0. The number of hydrogen-bond acceptors (Lipinski definition) is 4. The van der Waals surface area contributed by atoms with Crippen molar-refractivity contribution in [1.29, 1.82) is 0 Å². The fraction of sp³-hybridized carbons (Fsp3) is 0.500. The van der Waals surface area contributed by atoms with Gasteiger partial charge in [-0.05, 0) is 61.8 Å². The molecule has 7 heteroatoms. The van der Waals surface area contributed by atoms with Gasteiger partial charge in [-0.25, -0.2) is 4.79 Å². The van der Waals surface area contributed by atoms with Crippen molar-refractivity contribution in [2.24, 2.45) is 5.92 Å². The Morgan fingerprint density at radius 1 is 0.838 bits per heavy atom. The number of urea groups is 1. The summed E-state index contributed by atoms with van der Waals surface area (Å²) in [5, 5.41) is 5.84. The monoisotopic (exact) mass is 507 g/mol. The van der Waals surface area contributed by atoms with E-state index in [0.29, 0.717) is 32.5 Å². The van der Waals surface area contributed by atoms with Crippen molar-refractivity contribution in [3.05, 3.63) is 65.7 Å². The summed E-state index contributed by atoms with van der Waals surface area (Å²) in [4.78, 5) is 40.3. The Bertz CT molecular complexity index is 999. The number of hydrogen-bond donors (Lipinski definition) is 2. The van der Waals surface area contributed by atoms with Crippen molar-refractivity contribution < 1.29 is 19.1 Å². The summed E-state index contributed by atoms with van der Waals surface area (Å²) in [6.07, 6.45) is 5.09. The minimum atomic E-state index is -0.689. The number of carbonyl (C=O) groups is 3. The van der Waals surface area contributed by atoms with Gasteiger partial charge in [0.2, 0.25) is 5.91 Å². The maximum atomic E-state index is 13.2. The van der Waals surface area contributed by atoms with Gasteiger partial charge in [0.25, 0.3) is 0 Å². The summed E-state index contributed by atoms with van der Waals surface area (Å²) in [6.45, 7) is 7.42. The van der Waals surface area contributed by atoms with Crippen molar-refractivity contribution >= 4 is 17.7 Å². The summed E-state index contributed by atoms with van der Waals surface area (Å²) in [6, 6.07) is 16.0. The van der Waals surface area contributed by atoms with E-state index in [1.54, 1.807) is 4.90 Å². The molecule has 0 saturated carbocycles. The first-order valence-corrected chi connectivity index (χ1v) is 13.4. The van der Waals surface area contributed by atoms with E-state index in [4.69, 9.17) is 4.74 Å². The van der Waals surface area contributed by atoms with Gasteiger partial charge in [0.15, 0.2) is 5.78 Å². The number of ether oxygens (including phenoxy) is 1. The van der Waals surface area contributed by atoms with E-state index in [1.165, 1.54) is 6.92 Å². The Morgan fingerprint density at radius 3 is 2.08 bits per heavy atom. The van der Waals surface area contributed by atoms with Gasteiger partial charge < -0.3 is 20.3 Å². The number of likely N-dealkylation sites (tertiary alicyclic amines) is 1. The number of rotatable bonds is 11. The van der Waals surface area contributed by atoms with Gasteiger partial charge in [-0.2, -0.15) is 0 Å². The van der Waals surface area contributed by atoms with Crippen LogP contribution in [0.5, 0.6) is 5.75 Å². The first-order valence-electron chi connectivity index (χ1n) is 13.4. The Labute approximate surface area is 221 Å². The fourth-order valence-electron chi connectivity index (χ4n) is 4.48. The Hall–Kier alpha value is -3.35. The van der Waals surface area contributed by atoms with Crippen molar-refractivity contribution in [1.82, 2.24) is 15.5 Å². The standard InChI is InChI=1S/C30H41N3O4/c1-22(2)19-28(32-30(36)33-17-9-4-5-10-18-33)29(35)31-27(23(3)34)20-24-13-15-26(16-14-24)37-21-25-11-7-6-8-12-25/h6-8,11-16,22,27-28H,4-5,9-10,17-21H2,1-3H3,(H,31,35)(H,32,36). The third kappa shape index (κ3) is 9.56. The van der Waals surface area contributed by atoms with Crippen molar-refractivity contribution in [3.8, 4) is 5.75 Å². The Morgan fingerprint density at radius 2 is 1.49 bits per heavy atom. The predicted octanol–water partition coefficient (Wildman–Crippen LogP) is 4.88. The molecule has 3 rings (SSSR count). The number of nitrogens with one attached hydrogen (secondary N) is 2. The van der Waals surface area contributed by atoms with E-state index in [9.17, 15) is 14.4 Å². The molecule has 1 aliphatic rings. The SMILES string of the molecule is CC(=O)C(Cc1ccc(OCc2ccccc2)cc1)NC(=O)C(CC(C)C)NC(=O)N1CCCCCC1. The largest absolute Gasteiger partial charge is 0.489 e. The van der Waals surface area contributed by atoms with E-state index in [-0.39, 0.29) is 23.6 Å². The number of ketones is 1. The summed E-state index contributed by atoms with van der Waals surface area (Å²) < 4.78 is 5.85. The molecular weight excluding hydrogens is 466 g/mol. The second-order valence-electron chi connectivity index (χ2n) is 10.3. The molecule has 3 amide bonds. The molecule has 200 valence electrons. The molecule has 2 N–H and O–H groups in total. The number of nitrogens with zero attached hydrogens (tertiary/aromatic N) is 1. The average molecular weight is 508 g/mol. The lowest BCUT2D eigenvalue weighted by atomic mass is 10.00. The molecule has 1 fully saturated rings. The molecule has 2 unspecified atom stereocenters. The fourth-order valence-corrected chi connectivity index (χ4v) is 4.48. The first-order chi connectivity index (χ1) is 17.8. The zero-order valence-electron chi connectivity index (χ0n) is 22.4. The third-order valence-electron chi connectivity index (χ3n) is 6.63. The molecule has 0 bridgehead atoms. The van der Waals surface area contributed by atoms with Gasteiger partial charge >= 0.3 is 6.03 Å². The van der Waals surface area contributed by atoms with Crippen molar-refractivity contribution in [2.45, 2.75) is 78.0 Å². The molecule has 37 heavy (non-hydrogen) atoms. The van der Waals surface area contributed by atoms with E-state index in [2.05, 4.69) is 10.6 Å². The smallest absolute Gasteiger partial charge is 0.318 e. The van der Waals surface area contributed by atoms with Crippen LogP contribution < -0.4 is 15.4 Å². The maximum absolute atomic E-state index is 13.2. The van der Waals surface area contributed by atoms with E-state index >= 15 is 0 Å². The van der Waals surface area contributed by atoms with Crippen LogP contribution in [0.4, 0.5) is 4.79 Å². The third-order valence-corrected chi connectivity index (χ3v) is 6.63. The van der Waals surface area contributed by atoms with Crippen LogP contribution in [0.3, 0.4) is 0 Å². The summed E-state index contributed by atoms with van der Waals surface area (Å²) in [5.74, 6) is 0.503. The molecule has 0 aliphatic carbocycles. The maximum Gasteiger partial charge on any atom is 0.318 e. The second kappa shape index (κ2) is 14.4. The van der Waals surface area contributed by atoms with Crippen LogP contribution in [0, 0.1) is 5.92 Å². The molecule has 2 aromatic carbocycles. The number of benzene rings is 2. The highest BCUT2D eigenvalue weighted by molar-refractivity contribution is 5.92. The first kappa shape index (κ1) is 28.2. The highest BCUT2D eigenvalue weighted by atomic mass is 16.5. The van der Waals surface area contributed by atoms with Crippen LogP contribution in [-0.2, 0) is 22.6 Å². The molecule has 0 radical (unpaired) electrons. The Kier molecular flexibility index (Phi) is 11.0. The van der Waals surface area contributed by atoms with Gasteiger partial charge in [0, 0.05) is 13.1 Å². The highest BCUT2D eigenvalue weighted by Crippen LogP contribution is 2.16. The summed E-state index contributed by atoms with van der Waals surface area (Å²) in [5.41, 5.74) is 2.01. The van der Waals surface area contributed by atoms with Crippen LogP contribution >= 0.6 is 0 Å². The van der Waals surface area contributed by atoms with Crippen LogP contribution in [0.1, 0.15) is 64.0 Å². The minimum absolute atomic E-state index is 0.125. The molecule has 7 nitrogen and oxygen atoms in total. The highest BCUT2D eigenvalue weighted by Gasteiger charge is 2.28. The lowest BCUT2D eigenvalue weighted by Crippen LogP contribution is -2.54. The van der Waals surface area contributed by atoms with Crippen LogP contribution in [-0.4, -0.2) is 47.8 Å². The quantitative estimate of drug-likeness (QED) is 0.454. The van der Waals surface area contributed by atoms with E-state index < -0.39 is 12.1 Å². The number of amides is 3. The molecule has 2 atom stereocenters. The lowest BCUT2D eigenvalue weighted by molar-refractivity contribution is -0.128. The molecule has 0 spiro atoms. The second-order valence-corrected chi connectivity index (χ2v) is 10.3. The molecule has 1 saturated heterocycles. The van der Waals surface area contributed by atoms with Gasteiger partial charge in [-0.15, -0.1) is 0 Å². The van der Waals surface area contributed by atoms with Gasteiger partial charge in [0.1, 0.15) is 18.4 Å². The molecule has 0 aromatic heterocycles. The van der Waals surface area contributed by atoms with Crippen LogP contribution in [0.15, 0.2) is 54.6 Å². The average Bonchev–Trinajstić information content (AvgIpc) is 3.17. The molecule has 2 aromatic rings. The van der Waals surface area contributed by atoms with E-state index in [1.807, 2.05) is 68.4 Å². The normalized spacial score (nSPS) is 15.4. The topological polar surface area (TPSA) is 87.7 Å². The van der Waals surface area contributed by atoms with Gasteiger partial charge in [-0.1, -0.05) is 69.2 Å². The van der Waals surface area contributed by atoms with Crippen LogP contribution in [0.25, 0.3) is 0 Å². The van der Waals surface area contributed by atoms with Gasteiger partial charge in [-0.3, -0.25) is 9.59 Å². The number of Topliss-reactive ketones (excluding diaryl/α,β-unsaturated/α-hetero) is 1.